The maximum Gasteiger partial charge on any atom is 0.161 e. The van der Waals surface area contributed by atoms with Gasteiger partial charge in [-0.15, -0.1) is 0 Å². The summed E-state index contributed by atoms with van der Waals surface area (Å²) in [7, 11) is 1.94. The third-order valence-corrected chi connectivity index (χ3v) is 4.63. The van der Waals surface area contributed by atoms with Crippen LogP contribution in [0.5, 0.6) is 0 Å². The fourth-order valence-electron chi connectivity index (χ4n) is 2.68. The summed E-state index contributed by atoms with van der Waals surface area (Å²) in [5, 5.41) is 7.41. The Hall–Kier alpha value is -1.10. The zero-order valence-corrected chi connectivity index (χ0v) is 12.6. The third kappa shape index (κ3) is 2.91. The molecule has 1 aromatic rings. The molecule has 3 N–H and O–H groups in total. The first-order chi connectivity index (χ1) is 9.02. The van der Waals surface area contributed by atoms with Gasteiger partial charge in [-0.2, -0.15) is 0 Å². The van der Waals surface area contributed by atoms with Gasteiger partial charge in [0.1, 0.15) is 5.84 Å². The van der Waals surface area contributed by atoms with Gasteiger partial charge in [-0.3, -0.25) is 5.41 Å². The summed E-state index contributed by atoms with van der Waals surface area (Å²) >= 11 is 3.20. The molecule has 0 amide bonds. The predicted molar refractivity (Wildman–Crippen MR) is 80.4 cm³/mol. The van der Waals surface area contributed by atoms with E-state index in [-0.39, 0.29) is 16.1 Å². The van der Waals surface area contributed by atoms with E-state index < -0.39 is 0 Å². The van der Waals surface area contributed by atoms with E-state index in [1.165, 1.54) is 19.3 Å². The Morgan fingerprint density at radius 2 is 2.00 bits per heavy atom. The van der Waals surface area contributed by atoms with Crippen molar-refractivity contribution in [1.29, 1.82) is 5.41 Å². The Labute approximate surface area is 121 Å². The molecule has 0 saturated heterocycles. The normalized spacial score (nSPS) is 16.4. The van der Waals surface area contributed by atoms with Crippen LogP contribution < -0.4 is 10.6 Å². The zero-order valence-electron chi connectivity index (χ0n) is 11.0. The minimum Gasteiger partial charge on any atom is -0.384 e. The highest BCUT2D eigenvalue weighted by molar-refractivity contribution is 9.10. The quantitative estimate of drug-likeness (QED) is 0.657. The van der Waals surface area contributed by atoms with Gasteiger partial charge < -0.3 is 10.6 Å². The molecule has 0 atom stereocenters. The molecule has 0 aromatic heterocycles. The van der Waals surface area contributed by atoms with Gasteiger partial charge in [0.15, 0.2) is 5.82 Å². The molecule has 1 aromatic carbocycles. The molecule has 1 aliphatic carbocycles. The van der Waals surface area contributed by atoms with Gasteiger partial charge in [-0.25, -0.2) is 4.39 Å². The van der Waals surface area contributed by atoms with E-state index in [9.17, 15) is 4.39 Å². The summed E-state index contributed by atoms with van der Waals surface area (Å²) in [5.74, 6) is -0.460. The minimum absolute atomic E-state index is 0.127. The lowest BCUT2D eigenvalue weighted by atomic mass is 9.94. The van der Waals surface area contributed by atoms with E-state index >= 15 is 0 Å². The standard InChI is InChI=1S/C14H19BrFN3/c1-19(9-5-3-2-4-6-9)11-8-7-10(14(17)18)12(15)13(11)16/h7-9H,2-6H2,1H3,(H3,17,18). The summed E-state index contributed by atoms with van der Waals surface area (Å²) in [6.07, 6.45) is 5.93. The fraction of sp³-hybridized carbons (Fsp3) is 0.500. The second-order valence-corrected chi connectivity index (χ2v) is 5.87. The van der Waals surface area contributed by atoms with Crippen LogP contribution in [0.25, 0.3) is 0 Å². The lowest BCUT2D eigenvalue weighted by Crippen LogP contribution is -2.34. The number of nitrogen functional groups attached to an aromatic ring is 1. The number of hydrogen-bond acceptors (Lipinski definition) is 2. The van der Waals surface area contributed by atoms with Gasteiger partial charge in [0.2, 0.25) is 0 Å². The molecule has 0 spiro atoms. The summed E-state index contributed by atoms with van der Waals surface area (Å²) in [5.41, 5.74) is 6.40. The Balaban J connectivity index is 2.29. The average Bonchev–Trinajstić information content (AvgIpc) is 2.41. The fourth-order valence-corrected chi connectivity index (χ4v) is 3.23. The molecule has 19 heavy (non-hydrogen) atoms. The molecule has 3 nitrogen and oxygen atoms in total. The molecule has 104 valence electrons. The highest BCUT2D eigenvalue weighted by atomic mass is 79.9. The lowest BCUT2D eigenvalue weighted by molar-refractivity contribution is 0.424. The number of amidine groups is 1. The maximum absolute atomic E-state index is 14.4. The zero-order chi connectivity index (χ0) is 14.0. The topological polar surface area (TPSA) is 53.1 Å². The second-order valence-electron chi connectivity index (χ2n) is 5.08. The minimum atomic E-state index is -0.333. The summed E-state index contributed by atoms with van der Waals surface area (Å²) < 4.78 is 14.7. The number of nitrogens with two attached hydrogens (primary N) is 1. The Bertz CT molecular complexity index is 484. The van der Waals surface area contributed by atoms with Crippen LogP contribution in [0.2, 0.25) is 0 Å². The van der Waals surface area contributed by atoms with E-state index in [1.807, 2.05) is 11.9 Å². The van der Waals surface area contributed by atoms with Gasteiger partial charge >= 0.3 is 0 Å². The Morgan fingerprint density at radius 1 is 1.37 bits per heavy atom. The summed E-state index contributed by atoms with van der Waals surface area (Å²) in [6.45, 7) is 0. The SMILES string of the molecule is CN(c1ccc(C(=N)N)c(Br)c1F)C1CCCCC1. The predicted octanol–water partition coefficient (Wildman–Crippen LogP) is 3.64. The highest BCUT2D eigenvalue weighted by Crippen LogP contribution is 2.32. The monoisotopic (exact) mass is 327 g/mol. The Kier molecular flexibility index (Phi) is 4.45. The molecule has 1 aliphatic rings. The second kappa shape index (κ2) is 5.90. The first-order valence-electron chi connectivity index (χ1n) is 6.57. The summed E-state index contributed by atoms with van der Waals surface area (Å²) in [4.78, 5) is 2.02. The number of anilines is 1. The number of halogens is 2. The van der Waals surface area contributed by atoms with Crippen molar-refractivity contribution < 1.29 is 4.39 Å². The van der Waals surface area contributed by atoms with Crippen LogP contribution in [0, 0.1) is 11.2 Å². The molecule has 0 aliphatic heterocycles. The van der Waals surface area contributed by atoms with Crippen LogP contribution in [0.4, 0.5) is 10.1 Å². The molecule has 1 fully saturated rings. The molecule has 0 heterocycles. The largest absolute Gasteiger partial charge is 0.384 e. The molecule has 0 radical (unpaired) electrons. The highest BCUT2D eigenvalue weighted by Gasteiger charge is 2.22. The molecule has 0 unspecified atom stereocenters. The van der Waals surface area contributed by atoms with Gasteiger partial charge in [0, 0.05) is 18.7 Å². The van der Waals surface area contributed by atoms with Crippen molar-refractivity contribution in [2.45, 2.75) is 38.1 Å². The number of nitrogens with zero attached hydrogens (tertiary/aromatic N) is 1. The van der Waals surface area contributed by atoms with Crippen molar-refractivity contribution in [2.75, 3.05) is 11.9 Å². The van der Waals surface area contributed by atoms with Crippen LogP contribution in [0.3, 0.4) is 0 Å². The number of rotatable bonds is 3. The van der Waals surface area contributed by atoms with Crippen molar-refractivity contribution >= 4 is 27.5 Å². The molecule has 1 saturated carbocycles. The van der Waals surface area contributed by atoms with Gasteiger partial charge in [-0.05, 0) is 40.9 Å². The third-order valence-electron chi connectivity index (χ3n) is 3.85. The van der Waals surface area contributed by atoms with E-state index in [0.717, 1.165) is 12.8 Å². The van der Waals surface area contributed by atoms with Crippen molar-refractivity contribution in [1.82, 2.24) is 0 Å². The first-order valence-corrected chi connectivity index (χ1v) is 7.37. The molecule has 0 bridgehead atoms. The van der Waals surface area contributed by atoms with Gasteiger partial charge in [0.25, 0.3) is 0 Å². The van der Waals surface area contributed by atoms with E-state index in [4.69, 9.17) is 11.1 Å². The van der Waals surface area contributed by atoms with E-state index in [0.29, 0.717) is 17.3 Å². The van der Waals surface area contributed by atoms with Crippen LogP contribution >= 0.6 is 15.9 Å². The summed E-state index contributed by atoms with van der Waals surface area (Å²) in [6, 6.07) is 3.81. The molecular formula is C14H19BrFN3. The molecular weight excluding hydrogens is 309 g/mol. The Morgan fingerprint density at radius 3 is 2.58 bits per heavy atom. The average molecular weight is 328 g/mol. The molecule has 2 rings (SSSR count). The number of nitrogens with one attached hydrogen (secondary N) is 1. The van der Waals surface area contributed by atoms with E-state index in [1.54, 1.807) is 12.1 Å². The van der Waals surface area contributed by atoms with Crippen LogP contribution in [-0.2, 0) is 0 Å². The van der Waals surface area contributed by atoms with Crippen LogP contribution in [0.15, 0.2) is 16.6 Å². The maximum atomic E-state index is 14.4. The first kappa shape index (κ1) is 14.3. The number of hydrogen-bond donors (Lipinski definition) is 2. The van der Waals surface area contributed by atoms with Gasteiger partial charge in [0.05, 0.1) is 10.2 Å². The van der Waals surface area contributed by atoms with Crippen molar-refractivity contribution in [2.24, 2.45) is 5.73 Å². The van der Waals surface area contributed by atoms with Gasteiger partial charge in [-0.1, -0.05) is 19.3 Å². The van der Waals surface area contributed by atoms with E-state index in [2.05, 4.69) is 15.9 Å². The van der Waals surface area contributed by atoms with Crippen molar-refractivity contribution in [3.63, 3.8) is 0 Å². The van der Waals surface area contributed by atoms with Crippen LogP contribution in [-0.4, -0.2) is 18.9 Å². The van der Waals surface area contributed by atoms with Crippen molar-refractivity contribution in [3.05, 3.63) is 28.0 Å². The van der Waals surface area contributed by atoms with Crippen LogP contribution in [0.1, 0.15) is 37.7 Å². The number of benzene rings is 1. The van der Waals surface area contributed by atoms with Crippen molar-refractivity contribution in [3.8, 4) is 0 Å². The molecule has 5 heteroatoms. The smallest absolute Gasteiger partial charge is 0.161 e. The lowest BCUT2D eigenvalue weighted by Gasteiger charge is -2.33.